The van der Waals surface area contributed by atoms with Gasteiger partial charge in [0.15, 0.2) is 0 Å². The summed E-state index contributed by atoms with van der Waals surface area (Å²) in [5.41, 5.74) is 0.582. The van der Waals surface area contributed by atoms with Crippen molar-refractivity contribution in [3.8, 4) is 6.07 Å². The van der Waals surface area contributed by atoms with Gasteiger partial charge in [-0.05, 0) is 38.0 Å². The van der Waals surface area contributed by atoms with Gasteiger partial charge in [-0.3, -0.25) is 4.68 Å². The molecule has 2 aliphatic carbocycles. The first-order valence-corrected chi connectivity index (χ1v) is 5.64. The fraction of sp³-hybridized carbons (Fsp3) is 0.727. The largest absolute Gasteiger partial charge is 0.252 e. The molecular weight excluding hydrogens is 188 g/mol. The zero-order valence-corrected chi connectivity index (χ0v) is 8.69. The Morgan fingerprint density at radius 1 is 1.53 bits per heavy atom. The summed E-state index contributed by atoms with van der Waals surface area (Å²) in [6.45, 7) is 0.981. The van der Waals surface area contributed by atoms with Crippen LogP contribution >= 0.6 is 0 Å². The first-order valence-electron chi connectivity index (χ1n) is 5.64. The number of nitrogens with zero attached hydrogens (tertiary/aromatic N) is 4. The average molecular weight is 202 g/mol. The van der Waals surface area contributed by atoms with Gasteiger partial charge < -0.3 is 0 Å². The van der Waals surface area contributed by atoms with E-state index in [2.05, 4.69) is 16.4 Å². The maximum absolute atomic E-state index is 9.17. The SMILES string of the molecule is N#CC1(c2cn(CC3CC3)nn2)CCC1. The van der Waals surface area contributed by atoms with Crippen LogP contribution in [0.3, 0.4) is 0 Å². The summed E-state index contributed by atoms with van der Waals surface area (Å²) in [5, 5.41) is 17.4. The Kier molecular flexibility index (Phi) is 1.82. The number of nitriles is 1. The van der Waals surface area contributed by atoms with Crippen molar-refractivity contribution in [2.75, 3.05) is 0 Å². The second-order valence-corrected chi connectivity index (χ2v) is 4.82. The van der Waals surface area contributed by atoms with Gasteiger partial charge >= 0.3 is 0 Å². The van der Waals surface area contributed by atoms with Crippen molar-refractivity contribution >= 4 is 0 Å². The molecule has 2 fully saturated rings. The summed E-state index contributed by atoms with van der Waals surface area (Å²) in [5.74, 6) is 0.805. The molecule has 1 aromatic heterocycles. The van der Waals surface area contributed by atoms with E-state index in [1.807, 2.05) is 10.9 Å². The average Bonchev–Trinajstić information content (AvgIpc) is 2.85. The zero-order chi connectivity index (χ0) is 10.3. The van der Waals surface area contributed by atoms with E-state index in [0.29, 0.717) is 0 Å². The van der Waals surface area contributed by atoms with Crippen LogP contribution in [0.5, 0.6) is 0 Å². The summed E-state index contributed by atoms with van der Waals surface area (Å²) in [6.07, 6.45) is 7.65. The Hall–Kier alpha value is -1.37. The van der Waals surface area contributed by atoms with Crippen LogP contribution in [-0.2, 0) is 12.0 Å². The van der Waals surface area contributed by atoms with Gasteiger partial charge in [-0.15, -0.1) is 5.10 Å². The van der Waals surface area contributed by atoms with E-state index in [-0.39, 0.29) is 5.41 Å². The molecule has 0 aliphatic heterocycles. The van der Waals surface area contributed by atoms with E-state index in [0.717, 1.165) is 37.4 Å². The number of hydrogen-bond donors (Lipinski definition) is 0. The van der Waals surface area contributed by atoms with Crippen LogP contribution in [0.4, 0.5) is 0 Å². The van der Waals surface area contributed by atoms with Gasteiger partial charge in [0.2, 0.25) is 0 Å². The first-order chi connectivity index (χ1) is 7.32. The van der Waals surface area contributed by atoms with Gasteiger partial charge in [0, 0.05) is 6.54 Å². The van der Waals surface area contributed by atoms with Crippen LogP contribution in [0.15, 0.2) is 6.20 Å². The van der Waals surface area contributed by atoms with Gasteiger partial charge in [0.25, 0.3) is 0 Å². The van der Waals surface area contributed by atoms with E-state index in [9.17, 15) is 0 Å². The molecule has 1 heterocycles. The molecule has 1 aromatic rings. The Morgan fingerprint density at radius 2 is 2.33 bits per heavy atom. The fourth-order valence-electron chi connectivity index (χ4n) is 2.13. The van der Waals surface area contributed by atoms with Crippen molar-refractivity contribution in [1.82, 2.24) is 15.0 Å². The molecule has 78 valence electrons. The molecule has 0 bridgehead atoms. The van der Waals surface area contributed by atoms with E-state index < -0.39 is 0 Å². The van der Waals surface area contributed by atoms with Crippen molar-refractivity contribution in [3.63, 3.8) is 0 Å². The monoisotopic (exact) mass is 202 g/mol. The molecule has 0 unspecified atom stereocenters. The molecule has 2 saturated carbocycles. The Bertz CT molecular complexity index is 406. The summed E-state index contributed by atoms with van der Waals surface area (Å²) in [6, 6.07) is 2.40. The predicted molar refractivity (Wildman–Crippen MR) is 53.9 cm³/mol. The van der Waals surface area contributed by atoms with E-state index in [1.54, 1.807) is 0 Å². The van der Waals surface area contributed by atoms with Crippen molar-refractivity contribution in [1.29, 1.82) is 5.26 Å². The third-order valence-corrected chi connectivity index (χ3v) is 3.59. The van der Waals surface area contributed by atoms with Crippen LogP contribution in [-0.4, -0.2) is 15.0 Å². The molecule has 3 rings (SSSR count). The standard InChI is InChI=1S/C11H14N4/c12-8-11(4-1-5-11)10-7-15(14-13-10)6-9-2-3-9/h7,9H,1-6H2. The van der Waals surface area contributed by atoms with Crippen molar-refractivity contribution < 1.29 is 0 Å². The fourth-order valence-corrected chi connectivity index (χ4v) is 2.13. The lowest BCUT2D eigenvalue weighted by Gasteiger charge is -2.32. The van der Waals surface area contributed by atoms with Gasteiger partial charge in [-0.1, -0.05) is 5.21 Å². The van der Waals surface area contributed by atoms with E-state index in [1.165, 1.54) is 12.8 Å². The highest BCUT2D eigenvalue weighted by Gasteiger charge is 2.41. The van der Waals surface area contributed by atoms with Crippen LogP contribution in [0.2, 0.25) is 0 Å². The molecule has 0 aromatic carbocycles. The van der Waals surface area contributed by atoms with Crippen molar-refractivity contribution in [2.45, 2.75) is 44.1 Å². The van der Waals surface area contributed by atoms with E-state index >= 15 is 0 Å². The lowest BCUT2D eigenvalue weighted by molar-refractivity contribution is 0.315. The number of hydrogen-bond acceptors (Lipinski definition) is 3. The maximum Gasteiger partial charge on any atom is 0.103 e. The molecular formula is C11H14N4. The van der Waals surface area contributed by atoms with Gasteiger partial charge in [0.05, 0.1) is 12.3 Å². The minimum Gasteiger partial charge on any atom is -0.252 e. The number of rotatable bonds is 3. The first kappa shape index (κ1) is 8.90. The molecule has 0 N–H and O–H groups in total. The summed E-state index contributed by atoms with van der Waals surface area (Å²) in [4.78, 5) is 0. The Morgan fingerprint density at radius 3 is 2.87 bits per heavy atom. The summed E-state index contributed by atoms with van der Waals surface area (Å²) < 4.78 is 1.91. The van der Waals surface area contributed by atoms with Gasteiger partial charge in [-0.25, -0.2) is 0 Å². The smallest absolute Gasteiger partial charge is 0.103 e. The number of aromatic nitrogens is 3. The molecule has 0 atom stereocenters. The lowest BCUT2D eigenvalue weighted by atomic mass is 9.68. The third kappa shape index (κ3) is 1.43. The Balaban J connectivity index is 1.80. The highest BCUT2D eigenvalue weighted by molar-refractivity contribution is 5.27. The van der Waals surface area contributed by atoms with Crippen molar-refractivity contribution in [3.05, 3.63) is 11.9 Å². The molecule has 0 amide bonds. The van der Waals surface area contributed by atoms with Gasteiger partial charge in [0.1, 0.15) is 11.1 Å². The summed E-state index contributed by atoms with van der Waals surface area (Å²) in [7, 11) is 0. The molecule has 2 aliphatic rings. The molecule has 0 radical (unpaired) electrons. The van der Waals surface area contributed by atoms with Crippen LogP contribution in [0.1, 0.15) is 37.8 Å². The van der Waals surface area contributed by atoms with Crippen molar-refractivity contribution in [2.24, 2.45) is 5.92 Å². The minimum atomic E-state index is -0.304. The van der Waals surface area contributed by atoms with Crippen LogP contribution < -0.4 is 0 Å². The highest BCUT2D eigenvalue weighted by atomic mass is 15.4. The molecule has 0 spiro atoms. The summed E-state index contributed by atoms with van der Waals surface area (Å²) >= 11 is 0. The molecule has 4 nitrogen and oxygen atoms in total. The normalized spacial score (nSPS) is 23.1. The molecule has 15 heavy (non-hydrogen) atoms. The van der Waals surface area contributed by atoms with Crippen LogP contribution in [0, 0.1) is 17.2 Å². The topological polar surface area (TPSA) is 54.5 Å². The van der Waals surface area contributed by atoms with E-state index in [4.69, 9.17) is 5.26 Å². The minimum absolute atomic E-state index is 0.304. The van der Waals surface area contributed by atoms with Gasteiger partial charge in [-0.2, -0.15) is 5.26 Å². The zero-order valence-electron chi connectivity index (χ0n) is 8.69. The molecule has 4 heteroatoms. The third-order valence-electron chi connectivity index (χ3n) is 3.59. The highest BCUT2D eigenvalue weighted by Crippen LogP contribution is 2.42. The van der Waals surface area contributed by atoms with Crippen LogP contribution in [0.25, 0.3) is 0 Å². The quantitative estimate of drug-likeness (QED) is 0.748. The lowest BCUT2D eigenvalue weighted by Crippen LogP contribution is -2.32. The predicted octanol–water partition coefficient (Wildman–Crippen LogP) is 1.63. The molecule has 0 saturated heterocycles. The second kappa shape index (κ2) is 3.06. The Labute approximate surface area is 88.9 Å². The second-order valence-electron chi connectivity index (χ2n) is 4.82. The maximum atomic E-state index is 9.17.